The van der Waals surface area contributed by atoms with Gasteiger partial charge in [-0.05, 0) is 32.9 Å². The number of hydrogen-bond acceptors (Lipinski definition) is 2. The topological polar surface area (TPSA) is 23.5 Å². The first-order chi connectivity index (χ1) is 11.2. The van der Waals surface area contributed by atoms with Crippen LogP contribution in [0, 0.1) is 11.8 Å². The third-order valence-electron chi connectivity index (χ3n) is 4.57. The van der Waals surface area contributed by atoms with Crippen LogP contribution in [0.2, 0.25) is 0 Å². The molecule has 1 unspecified atom stereocenters. The maximum Gasteiger partial charge on any atom is 0.176 e. The predicted octanol–water partition coefficient (Wildman–Crippen LogP) is 3.41. The van der Waals surface area contributed by atoms with Crippen molar-refractivity contribution in [1.82, 2.24) is 4.90 Å². The van der Waals surface area contributed by atoms with E-state index in [2.05, 4.69) is 23.8 Å². The Kier molecular flexibility index (Phi) is 4.81. The van der Waals surface area contributed by atoms with E-state index in [9.17, 15) is 5.11 Å². The van der Waals surface area contributed by atoms with Crippen LogP contribution in [0.1, 0.15) is 30.4 Å². The Morgan fingerprint density at radius 3 is 2.04 bits per heavy atom. The van der Waals surface area contributed by atoms with Crippen LogP contribution >= 0.6 is 0 Å². The number of nitrogens with zero attached hydrogens (tertiary/aromatic N) is 1. The van der Waals surface area contributed by atoms with Crippen LogP contribution in [0.5, 0.6) is 0 Å². The lowest BCUT2D eigenvalue weighted by atomic mass is 9.86. The van der Waals surface area contributed by atoms with E-state index >= 15 is 0 Å². The second kappa shape index (κ2) is 7.00. The zero-order valence-corrected chi connectivity index (χ0v) is 13.6. The van der Waals surface area contributed by atoms with Gasteiger partial charge in [-0.25, -0.2) is 0 Å². The number of benzene rings is 2. The van der Waals surface area contributed by atoms with Crippen molar-refractivity contribution in [3.8, 4) is 11.8 Å². The Hall–Kier alpha value is -2.08. The number of rotatable bonds is 2. The van der Waals surface area contributed by atoms with Crippen LogP contribution < -0.4 is 0 Å². The standard InChI is InChI=1S/C21H23NO/c1-22-17-9-8-14-20(22)15-16-21(23,18-10-4-2-5-11-18)19-12-6-3-7-13-19/h2-7,10-13,20,23H,8-9,14,17H2,1H3. The fourth-order valence-electron chi connectivity index (χ4n) is 3.11. The summed E-state index contributed by atoms with van der Waals surface area (Å²) >= 11 is 0. The summed E-state index contributed by atoms with van der Waals surface area (Å²) < 4.78 is 0. The van der Waals surface area contributed by atoms with Crippen molar-refractivity contribution < 1.29 is 5.11 Å². The molecular weight excluding hydrogens is 282 g/mol. The van der Waals surface area contributed by atoms with E-state index in [1.165, 1.54) is 12.8 Å². The molecule has 0 aromatic heterocycles. The van der Waals surface area contributed by atoms with Gasteiger partial charge in [-0.3, -0.25) is 4.90 Å². The van der Waals surface area contributed by atoms with Gasteiger partial charge in [0.05, 0.1) is 6.04 Å². The molecule has 1 aliphatic heterocycles. The molecule has 2 aromatic carbocycles. The fourth-order valence-corrected chi connectivity index (χ4v) is 3.11. The normalized spacial score (nSPS) is 19.0. The Balaban J connectivity index is 2.00. The van der Waals surface area contributed by atoms with E-state index in [1.807, 2.05) is 60.7 Å². The van der Waals surface area contributed by atoms with Crippen molar-refractivity contribution in [3.63, 3.8) is 0 Å². The van der Waals surface area contributed by atoms with Crippen LogP contribution in [0.25, 0.3) is 0 Å². The summed E-state index contributed by atoms with van der Waals surface area (Å²) in [6.07, 6.45) is 3.51. The lowest BCUT2D eigenvalue weighted by Crippen LogP contribution is -2.35. The molecule has 0 aliphatic carbocycles. The van der Waals surface area contributed by atoms with E-state index in [1.54, 1.807) is 0 Å². The van der Waals surface area contributed by atoms with Crippen LogP contribution in [0.4, 0.5) is 0 Å². The quantitative estimate of drug-likeness (QED) is 0.860. The molecule has 2 heteroatoms. The molecule has 118 valence electrons. The third-order valence-corrected chi connectivity index (χ3v) is 4.57. The summed E-state index contributed by atoms with van der Waals surface area (Å²) in [7, 11) is 2.11. The summed E-state index contributed by atoms with van der Waals surface area (Å²) in [4.78, 5) is 2.28. The summed E-state index contributed by atoms with van der Waals surface area (Å²) in [5.74, 6) is 6.53. The van der Waals surface area contributed by atoms with Gasteiger partial charge in [-0.2, -0.15) is 0 Å². The lowest BCUT2D eigenvalue weighted by molar-refractivity contribution is 0.144. The van der Waals surface area contributed by atoms with Gasteiger partial charge in [-0.1, -0.05) is 72.5 Å². The van der Waals surface area contributed by atoms with Crippen molar-refractivity contribution >= 4 is 0 Å². The van der Waals surface area contributed by atoms with Gasteiger partial charge in [0.25, 0.3) is 0 Å². The molecule has 1 saturated heterocycles. The van der Waals surface area contributed by atoms with Crippen LogP contribution in [0.3, 0.4) is 0 Å². The molecule has 2 aromatic rings. The van der Waals surface area contributed by atoms with E-state index in [-0.39, 0.29) is 6.04 Å². The van der Waals surface area contributed by atoms with Crippen molar-refractivity contribution in [2.24, 2.45) is 0 Å². The molecule has 1 atom stereocenters. The molecule has 23 heavy (non-hydrogen) atoms. The maximum atomic E-state index is 11.4. The molecule has 0 bridgehead atoms. The Labute approximate surface area is 138 Å². The minimum Gasteiger partial charge on any atom is -0.369 e. The predicted molar refractivity (Wildman–Crippen MR) is 93.9 cm³/mol. The molecule has 2 nitrogen and oxygen atoms in total. The van der Waals surface area contributed by atoms with E-state index < -0.39 is 5.60 Å². The fraction of sp³-hybridized carbons (Fsp3) is 0.333. The van der Waals surface area contributed by atoms with Gasteiger partial charge in [0.2, 0.25) is 0 Å². The summed E-state index contributed by atoms with van der Waals surface area (Å²) in [6.45, 7) is 1.08. The molecule has 0 saturated carbocycles. The molecule has 3 rings (SSSR count). The first-order valence-corrected chi connectivity index (χ1v) is 8.26. The van der Waals surface area contributed by atoms with Gasteiger partial charge in [-0.15, -0.1) is 0 Å². The first kappa shape index (κ1) is 15.8. The number of aliphatic hydroxyl groups is 1. The smallest absolute Gasteiger partial charge is 0.176 e. The summed E-state index contributed by atoms with van der Waals surface area (Å²) in [6, 6.07) is 19.7. The van der Waals surface area contributed by atoms with Crippen molar-refractivity contribution in [2.75, 3.05) is 13.6 Å². The molecule has 0 spiro atoms. The molecule has 1 fully saturated rings. The zero-order chi connectivity index (χ0) is 16.1. The Morgan fingerprint density at radius 1 is 0.957 bits per heavy atom. The van der Waals surface area contributed by atoms with Crippen LogP contribution in [-0.4, -0.2) is 29.6 Å². The van der Waals surface area contributed by atoms with E-state index in [0.29, 0.717) is 0 Å². The highest BCUT2D eigenvalue weighted by molar-refractivity contribution is 5.44. The van der Waals surface area contributed by atoms with Gasteiger partial charge in [0.15, 0.2) is 5.60 Å². The van der Waals surface area contributed by atoms with Crippen molar-refractivity contribution in [1.29, 1.82) is 0 Å². The molecule has 0 radical (unpaired) electrons. The number of piperidine rings is 1. The highest BCUT2D eigenvalue weighted by Crippen LogP contribution is 2.29. The van der Waals surface area contributed by atoms with Crippen LogP contribution in [0.15, 0.2) is 60.7 Å². The first-order valence-electron chi connectivity index (χ1n) is 8.26. The number of likely N-dealkylation sites (tertiary alicyclic amines) is 1. The highest BCUT2D eigenvalue weighted by atomic mass is 16.3. The van der Waals surface area contributed by atoms with E-state index in [4.69, 9.17) is 0 Å². The Morgan fingerprint density at radius 2 is 1.52 bits per heavy atom. The second-order valence-electron chi connectivity index (χ2n) is 6.20. The number of hydrogen-bond donors (Lipinski definition) is 1. The van der Waals surface area contributed by atoms with Gasteiger partial charge in [0, 0.05) is 11.1 Å². The molecule has 1 aliphatic rings. The lowest BCUT2D eigenvalue weighted by Gasteiger charge is -2.29. The summed E-state index contributed by atoms with van der Waals surface area (Å²) in [5.41, 5.74) is 0.371. The minimum atomic E-state index is -1.26. The largest absolute Gasteiger partial charge is 0.369 e. The SMILES string of the molecule is CN1CCCCC1C#CC(O)(c1ccccc1)c1ccccc1. The van der Waals surface area contributed by atoms with Crippen molar-refractivity contribution in [2.45, 2.75) is 30.9 Å². The Bertz CT molecular complexity index is 645. The average molecular weight is 305 g/mol. The van der Waals surface area contributed by atoms with Gasteiger partial charge >= 0.3 is 0 Å². The highest BCUT2D eigenvalue weighted by Gasteiger charge is 2.29. The van der Waals surface area contributed by atoms with Crippen molar-refractivity contribution in [3.05, 3.63) is 71.8 Å². The monoisotopic (exact) mass is 305 g/mol. The second-order valence-corrected chi connectivity index (χ2v) is 6.20. The molecule has 1 N–H and O–H groups in total. The van der Waals surface area contributed by atoms with Crippen LogP contribution in [-0.2, 0) is 5.60 Å². The molecule has 1 heterocycles. The average Bonchev–Trinajstić information content (AvgIpc) is 2.62. The van der Waals surface area contributed by atoms with Gasteiger partial charge < -0.3 is 5.11 Å². The van der Waals surface area contributed by atoms with E-state index in [0.717, 1.165) is 24.1 Å². The zero-order valence-electron chi connectivity index (χ0n) is 13.6. The van der Waals surface area contributed by atoms with Gasteiger partial charge in [0.1, 0.15) is 0 Å². The summed E-state index contributed by atoms with van der Waals surface area (Å²) in [5, 5.41) is 11.4. The minimum absolute atomic E-state index is 0.225. The molecule has 0 amide bonds. The maximum absolute atomic E-state index is 11.4. The molecular formula is C21H23NO. The third kappa shape index (κ3) is 3.47.